The predicted molar refractivity (Wildman–Crippen MR) is 55.6 cm³/mol. The molecule has 0 spiro atoms. The zero-order chi connectivity index (χ0) is 11.2. The third-order valence-electron chi connectivity index (χ3n) is 1.85. The van der Waals surface area contributed by atoms with Gasteiger partial charge in [-0.05, 0) is 0 Å². The molecule has 0 saturated carbocycles. The molecule has 0 aromatic rings. The van der Waals surface area contributed by atoms with Crippen LogP contribution in [0.3, 0.4) is 0 Å². The topological polar surface area (TPSA) is 63.2 Å². The Bertz CT molecular complexity index is 111. The number of hydrogen-bond donors (Lipinski definition) is 0. The second kappa shape index (κ2) is 20.7. The van der Waals surface area contributed by atoms with Crippen LogP contribution in [-0.2, 0) is 4.57 Å². The molecule has 0 fully saturated rings. The van der Waals surface area contributed by atoms with E-state index in [1.54, 1.807) is 0 Å². The SMILES string of the molecule is O=[P+]([O-])[O-].[CH2-]CCCCCCCCC.[Nd+3]. The van der Waals surface area contributed by atoms with Crippen LogP contribution in [0.15, 0.2) is 0 Å². The first-order chi connectivity index (χ1) is 6.65. The van der Waals surface area contributed by atoms with Gasteiger partial charge in [0, 0.05) is 0 Å². The first-order valence-corrected chi connectivity index (χ1v) is 6.35. The molecule has 15 heavy (non-hydrogen) atoms. The van der Waals surface area contributed by atoms with Crippen LogP contribution < -0.4 is 9.79 Å². The maximum atomic E-state index is 8.48. The second-order valence-corrected chi connectivity index (χ2v) is 3.65. The molecule has 3 nitrogen and oxygen atoms in total. The monoisotopic (exact) mass is 362 g/mol. The summed E-state index contributed by atoms with van der Waals surface area (Å²) in [5, 5.41) is 0. The molecular formula is C10H21NdO3P+. The van der Waals surface area contributed by atoms with E-state index >= 15 is 0 Å². The minimum atomic E-state index is -3.37. The van der Waals surface area contributed by atoms with Crippen molar-refractivity contribution in [3.63, 3.8) is 0 Å². The van der Waals surface area contributed by atoms with Gasteiger partial charge in [0.05, 0.1) is 0 Å². The van der Waals surface area contributed by atoms with Gasteiger partial charge in [-0.1, -0.05) is 56.4 Å². The minimum Gasteiger partial charge on any atom is -0.598 e. The molecule has 0 amide bonds. The van der Waals surface area contributed by atoms with Gasteiger partial charge in [0.1, 0.15) is 0 Å². The molecule has 0 aromatic heterocycles. The van der Waals surface area contributed by atoms with Crippen molar-refractivity contribution in [2.75, 3.05) is 0 Å². The summed E-state index contributed by atoms with van der Waals surface area (Å²) >= 11 is 0. The predicted octanol–water partition coefficient (Wildman–Crippen LogP) is 2.33. The van der Waals surface area contributed by atoms with E-state index in [4.69, 9.17) is 14.4 Å². The Hall–Kier alpha value is 1.37. The number of unbranched alkanes of at least 4 members (excludes halogenated alkanes) is 7. The summed E-state index contributed by atoms with van der Waals surface area (Å²) in [7, 11) is -3.37. The average molecular weight is 364 g/mol. The molecule has 0 bridgehead atoms. The van der Waals surface area contributed by atoms with Gasteiger partial charge in [-0.25, -0.2) is 0 Å². The fourth-order valence-corrected chi connectivity index (χ4v) is 1.13. The standard InChI is InChI=1S/C10H21.Nd.HO3P/c1-3-5-7-9-10-8-6-4-2;;1-4(2)3/h1,3-10H2,2H3;;(H,1,2,3)/q-1;+3;/p-1. The van der Waals surface area contributed by atoms with Crippen molar-refractivity contribution in [1.29, 1.82) is 0 Å². The maximum absolute atomic E-state index is 8.48. The Labute approximate surface area is 128 Å². The Morgan fingerprint density at radius 3 is 1.67 bits per heavy atom. The Kier molecular flexibility index (Phi) is 29.9. The summed E-state index contributed by atoms with van der Waals surface area (Å²) in [6.07, 6.45) is 10.9. The second-order valence-electron chi connectivity index (χ2n) is 3.20. The normalized spacial score (nSPS) is 8.53. The first kappa shape index (κ1) is 21.6. The van der Waals surface area contributed by atoms with E-state index in [-0.39, 0.29) is 40.8 Å². The quantitative estimate of drug-likeness (QED) is 0.396. The molecule has 0 aliphatic carbocycles. The summed E-state index contributed by atoms with van der Waals surface area (Å²) < 4.78 is 8.48. The van der Waals surface area contributed by atoms with Crippen LogP contribution in [0, 0.1) is 47.8 Å². The fourth-order valence-electron chi connectivity index (χ4n) is 1.13. The van der Waals surface area contributed by atoms with Crippen LogP contribution in [-0.4, -0.2) is 0 Å². The van der Waals surface area contributed by atoms with Crippen LogP contribution in [0.1, 0.15) is 58.3 Å². The molecule has 87 valence electrons. The molecule has 0 N–H and O–H groups in total. The van der Waals surface area contributed by atoms with E-state index in [1.165, 1.54) is 44.9 Å². The third kappa shape index (κ3) is 39.2. The minimum absolute atomic E-state index is 0. The van der Waals surface area contributed by atoms with Gasteiger partial charge < -0.3 is 16.7 Å². The van der Waals surface area contributed by atoms with Crippen LogP contribution in [0.5, 0.6) is 0 Å². The maximum Gasteiger partial charge on any atom is 3.00 e. The van der Waals surface area contributed by atoms with Crippen molar-refractivity contribution in [3.05, 3.63) is 6.92 Å². The van der Waals surface area contributed by atoms with Crippen LogP contribution >= 0.6 is 8.25 Å². The summed E-state index contributed by atoms with van der Waals surface area (Å²) in [6, 6.07) is 0. The number of rotatable bonds is 7. The van der Waals surface area contributed by atoms with Gasteiger partial charge in [-0.3, -0.25) is 0 Å². The van der Waals surface area contributed by atoms with E-state index < -0.39 is 8.25 Å². The van der Waals surface area contributed by atoms with E-state index in [0.29, 0.717) is 0 Å². The summed E-state index contributed by atoms with van der Waals surface area (Å²) in [6.45, 7) is 6.08. The van der Waals surface area contributed by atoms with E-state index in [2.05, 4.69) is 13.8 Å². The zero-order valence-corrected chi connectivity index (χ0v) is 13.6. The largest absolute Gasteiger partial charge is 3.00 e. The Morgan fingerprint density at radius 2 is 1.33 bits per heavy atom. The van der Waals surface area contributed by atoms with Gasteiger partial charge in [0.15, 0.2) is 0 Å². The van der Waals surface area contributed by atoms with Crippen molar-refractivity contribution in [2.24, 2.45) is 0 Å². The first-order valence-electron chi connectivity index (χ1n) is 5.25. The van der Waals surface area contributed by atoms with Crippen LogP contribution in [0.4, 0.5) is 0 Å². The molecule has 0 atom stereocenters. The molecule has 5 heteroatoms. The molecule has 0 saturated heterocycles. The van der Waals surface area contributed by atoms with E-state index in [9.17, 15) is 0 Å². The van der Waals surface area contributed by atoms with Crippen molar-refractivity contribution < 1.29 is 55.2 Å². The van der Waals surface area contributed by atoms with Gasteiger partial charge in [-0.15, -0.1) is 0 Å². The van der Waals surface area contributed by atoms with Gasteiger partial charge in [0.2, 0.25) is 0 Å². The van der Waals surface area contributed by atoms with Gasteiger partial charge in [-0.2, -0.15) is 6.42 Å². The molecule has 0 aliphatic heterocycles. The summed E-state index contributed by atoms with van der Waals surface area (Å²) in [5.74, 6) is 0. The zero-order valence-electron chi connectivity index (χ0n) is 9.54. The van der Waals surface area contributed by atoms with Crippen LogP contribution in [0.2, 0.25) is 0 Å². The molecular weight excluding hydrogens is 343 g/mol. The molecule has 0 rings (SSSR count). The molecule has 1 radical (unpaired) electrons. The summed E-state index contributed by atoms with van der Waals surface area (Å²) in [4.78, 5) is 17.0. The van der Waals surface area contributed by atoms with Crippen molar-refractivity contribution in [2.45, 2.75) is 58.3 Å². The van der Waals surface area contributed by atoms with Crippen molar-refractivity contribution in [3.8, 4) is 0 Å². The van der Waals surface area contributed by atoms with Gasteiger partial charge >= 0.3 is 40.8 Å². The smallest absolute Gasteiger partial charge is 0.598 e. The fraction of sp³-hybridized carbons (Fsp3) is 0.900. The molecule has 0 aliphatic rings. The van der Waals surface area contributed by atoms with Crippen molar-refractivity contribution in [1.82, 2.24) is 0 Å². The molecule has 0 aromatic carbocycles. The van der Waals surface area contributed by atoms with E-state index in [0.717, 1.165) is 6.42 Å². The van der Waals surface area contributed by atoms with E-state index in [1.807, 2.05) is 0 Å². The Morgan fingerprint density at radius 1 is 1.00 bits per heavy atom. The Balaban J connectivity index is -0.000000249. The molecule has 0 heterocycles. The summed E-state index contributed by atoms with van der Waals surface area (Å²) in [5.41, 5.74) is 0. The third-order valence-corrected chi connectivity index (χ3v) is 1.85. The van der Waals surface area contributed by atoms with Crippen LogP contribution in [0.25, 0.3) is 0 Å². The molecule has 0 unspecified atom stereocenters. The number of hydrogen-bond acceptors (Lipinski definition) is 3. The van der Waals surface area contributed by atoms with Crippen molar-refractivity contribution >= 4 is 8.25 Å². The van der Waals surface area contributed by atoms with Gasteiger partial charge in [0.25, 0.3) is 8.25 Å². The average Bonchev–Trinajstić information content (AvgIpc) is 2.10.